The molecule has 0 saturated carbocycles. The molecular formula is C36H60O29. The van der Waals surface area contributed by atoms with Crippen LogP contribution in [0, 0.1) is 0 Å². The SMILES string of the molecule is OCC1OC2CC(O)C1OC1OC(CO)C(OC3OC(CO)C(OC4OC(CO)C(OC5OC(CO)C(OC6OC(CO)C(O2)C(O)C6O)C(O)C5O)C(O)C4O)C(O)C3O)C(O)C1O. The van der Waals surface area contributed by atoms with Crippen molar-refractivity contribution in [2.24, 2.45) is 0 Å². The van der Waals surface area contributed by atoms with Crippen LogP contribution in [0.2, 0.25) is 0 Å². The molecule has 29 heteroatoms. The third-order valence-corrected chi connectivity index (χ3v) is 12.6. The number of rotatable bonds is 6. The molecular weight excluding hydrogens is 896 g/mol. The minimum Gasteiger partial charge on any atom is -0.394 e. The molecule has 0 aliphatic carbocycles. The Morgan fingerprint density at radius 2 is 0.462 bits per heavy atom. The van der Waals surface area contributed by atoms with Crippen LogP contribution in [0.1, 0.15) is 6.42 Å². The van der Waals surface area contributed by atoms with Crippen LogP contribution in [0.4, 0.5) is 0 Å². The minimum absolute atomic E-state index is 0.497. The highest BCUT2D eigenvalue weighted by molar-refractivity contribution is 5.00. The lowest BCUT2D eigenvalue weighted by molar-refractivity contribution is -0.400. The Morgan fingerprint density at radius 3 is 0.708 bits per heavy atom. The lowest BCUT2D eigenvalue weighted by atomic mass is 9.95. The molecule has 0 radical (unpaired) electrons. The molecule has 0 aromatic carbocycles. The van der Waals surface area contributed by atoms with Crippen LogP contribution in [0.15, 0.2) is 0 Å². The van der Waals surface area contributed by atoms with Crippen molar-refractivity contribution in [1.82, 2.24) is 0 Å². The molecule has 378 valence electrons. The number of ether oxygens (including phenoxy) is 12. The summed E-state index contributed by atoms with van der Waals surface area (Å²) in [4.78, 5) is 0. The largest absolute Gasteiger partial charge is 0.394 e. The van der Waals surface area contributed by atoms with E-state index in [0.29, 0.717) is 0 Å². The quantitative estimate of drug-likeness (QED) is 0.118. The van der Waals surface area contributed by atoms with Crippen LogP contribution in [-0.4, -0.2) is 305 Å². The average molecular weight is 957 g/mol. The van der Waals surface area contributed by atoms with Crippen LogP contribution in [0.3, 0.4) is 0 Å². The first-order valence-electron chi connectivity index (χ1n) is 21.0. The maximum Gasteiger partial charge on any atom is 0.187 e. The molecule has 0 spiro atoms. The first kappa shape index (κ1) is 51.7. The molecule has 29 atom stereocenters. The van der Waals surface area contributed by atoms with Crippen LogP contribution in [-0.2, 0) is 56.8 Å². The van der Waals surface area contributed by atoms with Gasteiger partial charge in [-0.1, -0.05) is 0 Å². The van der Waals surface area contributed by atoms with Crippen molar-refractivity contribution >= 4 is 0 Å². The second kappa shape index (κ2) is 21.9. The smallest absolute Gasteiger partial charge is 0.187 e. The molecule has 22 aliphatic rings. The zero-order valence-electron chi connectivity index (χ0n) is 34.2. The van der Waals surface area contributed by atoms with Gasteiger partial charge >= 0.3 is 0 Å². The maximum atomic E-state index is 11.2. The summed E-state index contributed by atoms with van der Waals surface area (Å²) in [5.74, 6) is 0. The Morgan fingerprint density at radius 1 is 0.246 bits per heavy atom. The topological polar surface area (TPSA) is 455 Å². The summed E-state index contributed by atoms with van der Waals surface area (Å²) >= 11 is 0. The van der Waals surface area contributed by atoms with Crippen molar-refractivity contribution < 1.29 is 144 Å². The second-order valence-corrected chi connectivity index (χ2v) is 16.7. The van der Waals surface area contributed by atoms with E-state index in [1.807, 2.05) is 0 Å². The van der Waals surface area contributed by atoms with Crippen LogP contribution in [0.5, 0.6) is 0 Å². The first-order chi connectivity index (χ1) is 31.0. The molecule has 22 aliphatic heterocycles. The molecule has 29 nitrogen and oxygen atoms in total. The number of aliphatic hydroxyl groups excluding tert-OH is 17. The summed E-state index contributed by atoms with van der Waals surface area (Å²) in [5, 5.41) is 184. The Labute approximate surface area is 367 Å². The Kier molecular flexibility index (Phi) is 17.4. The molecule has 0 aromatic heterocycles. The lowest BCUT2D eigenvalue weighted by Gasteiger charge is -2.50. The molecule has 0 aromatic rings. The highest BCUT2D eigenvalue weighted by Crippen LogP contribution is 2.38. The molecule has 29 unspecified atom stereocenters. The van der Waals surface area contributed by atoms with Gasteiger partial charge in [0.15, 0.2) is 37.7 Å². The molecule has 17 N–H and O–H groups in total. The van der Waals surface area contributed by atoms with Gasteiger partial charge in [-0.15, -0.1) is 0 Å². The molecule has 65 heavy (non-hydrogen) atoms. The fourth-order valence-corrected chi connectivity index (χ4v) is 8.93. The molecule has 0 amide bonds. The van der Waals surface area contributed by atoms with Gasteiger partial charge in [-0.3, -0.25) is 0 Å². The average Bonchev–Trinajstić information content (AvgIpc) is 3.30. The van der Waals surface area contributed by atoms with Gasteiger partial charge in [0.1, 0.15) is 134 Å². The van der Waals surface area contributed by atoms with E-state index >= 15 is 0 Å². The lowest BCUT2D eigenvalue weighted by Crippen LogP contribution is -2.68. The Bertz CT molecular complexity index is 1480. The molecule has 22 rings (SSSR count). The van der Waals surface area contributed by atoms with Gasteiger partial charge in [-0.25, -0.2) is 0 Å². The van der Waals surface area contributed by atoms with Gasteiger partial charge in [0, 0.05) is 6.42 Å². The van der Waals surface area contributed by atoms with E-state index in [2.05, 4.69) is 0 Å². The maximum absolute atomic E-state index is 11.2. The van der Waals surface area contributed by atoms with E-state index in [1.165, 1.54) is 0 Å². The predicted molar refractivity (Wildman–Crippen MR) is 194 cm³/mol. The van der Waals surface area contributed by atoms with Crippen molar-refractivity contribution in [3.05, 3.63) is 0 Å². The predicted octanol–water partition coefficient (Wildman–Crippen LogP) is -12.0. The molecule has 22 saturated heterocycles. The van der Waals surface area contributed by atoms with E-state index < -0.39 is 224 Å². The van der Waals surface area contributed by atoms with E-state index in [0.717, 1.165) is 0 Å². The standard InChI is InChI=1S/C36H60O29/c37-2-9-26-8(43)1-15(54-9)60-27-10(3-38)55-33(21(49)16(27)44)62-29-12(5-40)57-35(23(51)18(29)46)64-31-14(7-42)59-36(25(53)20(31)48)65-30-13(6-41)58-34(24(52)19(30)47)63-28-11(4-39)56-32(61-26)22(50)17(28)45/h8-53H,1-7H2. The minimum atomic E-state index is -2.13. The van der Waals surface area contributed by atoms with E-state index in [-0.39, 0.29) is 0 Å². The van der Waals surface area contributed by atoms with Gasteiger partial charge in [-0.2, -0.15) is 0 Å². The van der Waals surface area contributed by atoms with Crippen LogP contribution in [0.25, 0.3) is 0 Å². The van der Waals surface area contributed by atoms with Gasteiger partial charge < -0.3 is 144 Å². The van der Waals surface area contributed by atoms with Gasteiger partial charge in [-0.05, 0) is 0 Å². The third kappa shape index (κ3) is 10.2. The molecule has 22 fully saturated rings. The van der Waals surface area contributed by atoms with Crippen molar-refractivity contribution in [3.63, 3.8) is 0 Å². The first-order valence-corrected chi connectivity index (χ1v) is 21.0. The van der Waals surface area contributed by atoms with Crippen LogP contribution >= 0.6 is 0 Å². The third-order valence-electron chi connectivity index (χ3n) is 12.6. The van der Waals surface area contributed by atoms with Crippen molar-refractivity contribution in [3.8, 4) is 0 Å². The van der Waals surface area contributed by atoms with Crippen molar-refractivity contribution in [2.75, 3.05) is 39.6 Å². The zero-order chi connectivity index (χ0) is 47.2. The molecule has 12 bridgehead atoms. The highest BCUT2D eigenvalue weighted by atomic mass is 16.8. The van der Waals surface area contributed by atoms with Gasteiger partial charge in [0.2, 0.25) is 0 Å². The highest BCUT2D eigenvalue weighted by Gasteiger charge is 2.58. The fourth-order valence-electron chi connectivity index (χ4n) is 8.93. The number of aliphatic hydroxyl groups is 17. The Balaban J connectivity index is 1.18. The summed E-state index contributed by atoms with van der Waals surface area (Å²) in [6.45, 7) is -5.67. The molecule has 22 heterocycles. The Hall–Kier alpha value is -1.16. The van der Waals surface area contributed by atoms with Crippen molar-refractivity contribution in [1.29, 1.82) is 0 Å². The summed E-state index contributed by atoms with van der Waals surface area (Å²) in [7, 11) is 0. The fraction of sp³-hybridized carbons (Fsp3) is 1.00. The summed E-state index contributed by atoms with van der Waals surface area (Å²) < 4.78 is 68.4. The van der Waals surface area contributed by atoms with E-state index in [9.17, 15) is 86.8 Å². The normalized spacial score (nSPS) is 54.9. The van der Waals surface area contributed by atoms with Gasteiger partial charge in [0.05, 0.1) is 45.7 Å². The summed E-state index contributed by atoms with van der Waals surface area (Å²) in [6.07, 6.45) is -54.0. The van der Waals surface area contributed by atoms with E-state index in [1.54, 1.807) is 0 Å². The van der Waals surface area contributed by atoms with Crippen molar-refractivity contribution in [2.45, 2.75) is 185 Å². The zero-order valence-corrected chi connectivity index (χ0v) is 34.2. The number of hydrogen-bond acceptors (Lipinski definition) is 29. The summed E-state index contributed by atoms with van der Waals surface area (Å²) in [5.41, 5.74) is 0. The summed E-state index contributed by atoms with van der Waals surface area (Å²) in [6, 6.07) is 0. The monoisotopic (exact) mass is 956 g/mol. The van der Waals surface area contributed by atoms with Gasteiger partial charge in [0.25, 0.3) is 0 Å². The van der Waals surface area contributed by atoms with Crippen LogP contribution < -0.4 is 0 Å². The second-order valence-electron chi connectivity index (χ2n) is 16.7. The number of hydrogen-bond donors (Lipinski definition) is 17. The van der Waals surface area contributed by atoms with E-state index in [4.69, 9.17) is 56.8 Å².